The molecule has 7 heteroatoms. The number of anilines is 1. The van der Waals surface area contributed by atoms with E-state index < -0.39 is 0 Å². The number of carbonyl (C=O) groups is 1. The molecule has 1 aliphatic rings. The fourth-order valence-corrected chi connectivity index (χ4v) is 4.98. The minimum absolute atomic E-state index is 0.160. The first kappa shape index (κ1) is 19.2. The summed E-state index contributed by atoms with van der Waals surface area (Å²) in [7, 11) is 1.82. The molecule has 5 nitrogen and oxygen atoms in total. The lowest BCUT2D eigenvalue weighted by atomic mass is 9.97. The maximum Gasteiger partial charge on any atom is 0.206 e. The molecule has 0 unspecified atom stereocenters. The third-order valence-corrected chi connectivity index (χ3v) is 6.94. The van der Waals surface area contributed by atoms with Crippen LogP contribution >= 0.6 is 23.1 Å². The Morgan fingerprint density at radius 1 is 1.35 bits per heavy atom. The standard InChI is InChI=1S/C19H26N4OS2/c1-13-11-16(17(24)12-25-19-22-21-18(20-3)26-19)14(2)23(13)10-9-15-7-5-4-6-8-15/h7,11H,4-6,8-10,12H2,1-3H3,(H,20,21). The lowest BCUT2D eigenvalue weighted by Crippen LogP contribution is -2.08. The van der Waals surface area contributed by atoms with Crippen molar-refractivity contribution in [1.29, 1.82) is 0 Å². The normalized spacial score (nSPS) is 14.3. The van der Waals surface area contributed by atoms with Crippen LogP contribution in [0.3, 0.4) is 0 Å². The summed E-state index contributed by atoms with van der Waals surface area (Å²) in [4.78, 5) is 12.7. The first-order valence-electron chi connectivity index (χ1n) is 9.10. The molecule has 2 aromatic heterocycles. The summed E-state index contributed by atoms with van der Waals surface area (Å²) in [6.45, 7) is 5.12. The molecule has 1 aliphatic carbocycles. The largest absolute Gasteiger partial charge is 0.363 e. The first-order chi connectivity index (χ1) is 12.6. The maximum atomic E-state index is 12.7. The highest BCUT2D eigenvalue weighted by molar-refractivity contribution is 8.01. The van der Waals surface area contributed by atoms with E-state index >= 15 is 0 Å². The van der Waals surface area contributed by atoms with E-state index in [0.717, 1.165) is 33.7 Å². The highest BCUT2D eigenvalue weighted by Crippen LogP contribution is 2.27. The van der Waals surface area contributed by atoms with Gasteiger partial charge in [0.05, 0.1) is 5.75 Å². The molecule has 0 saturated heterocycles. The van der Waals surface area contributed by atoms with Crippen molar-refractivity contribution < 1.29 is 4.79 Å². The van der Waals surface area contributed by atoms with Gasteiger partial charge in [-0.25, -0.2) is 0 Å². The molecular formula is C19H26N4OS2. The van der Waals surface area contributed by atoms with Crippen LogP contribution in [0.5, 0.6) is 0 Å². The molecule has 0 saturated carbocycles. The quantitative estimate of drug-likeness (QED) is 0.396. The Labute approximate surface area is 163 Å². The zero-order valence-corrected chi connectivity index (χ0v) is 17.3. The second-order valence-electron chi connectivity index (χ2n) is 6.63. The van der Waals surface area contributed by atoms with Crippen LogP contribution in [0.15, 0.2) is 22.1 Å². The Morgan fingerprint density at radius 2 is 2.19 bits per heavy atom. The third kappa shape index (κ3) is 4.57. The summed E-state index contributed by atoms with van der Waals surface area (Å²) < 4.78 is 3.11. The Morgan fingerprint density at radius 3 is 2.88 bits per heavy atom. The van der Waals surface area contributed by atoms with E-state index in [-0.39, 0.29) is 5.78 Å². The van der Waals surface area contributed by atoms with Crippen molar-refractivity contribution in [3.05, 3.63) is 34.7 Å². The Hall–Kier alpha value is -1.60. The smallest absolute Gasteiger partial charge is 0.206 e. The number of ketones is 1. The molecular weight excluding hydrogens is 364 g/mol. The van der Waals surface area contributed by atoms with Gasteiger partial charge in [-0.05, 0) is 52.0 Å². The van der Waals surface area contributed by atoms with Crippen molar-refractivity contribution in [2.75, 3.05) is 18.1 Å². The van der Waals surface area contributed by atoms with Crippen LogP contribution in [0.1, 0.15) is 53.8 Å². The fourth-order valence-electron chi connectivity index (χ4n) is 3.39. The predicted octanol–water partition coefficient (Wildman–Crippen LogP) is 4.86. The number of hydrogen-bond donors (Lipinski definition) is 1. The number of aromatic nitrogens is 3. The molecule has 0 aromatic carbocycles. The Bertz CT molecular complexity index is 807. The molecule has 2 aromatic rings. The number of rotatable bonds is 8. The molecule has 0 spiro atoms. The summed E-state index contributed by atoms with van der Waals surface area (Å²) >= 11 is 2.93. The highest BCUT2D eigenvalue weighted by atomic mass is 32.2. The fraction of sp³-hybridized carbons (Fsp3) is 0.526. The number of nitrogens with one attached hydrogen (secondary N) is 1. The van der Waals surface area contributed by atoms with E-state index in [4.69, 9.17) is 0 Å². The number of aryl methyl sites for hydroxylation is 1. The van der Waals surface area contributed by atoms with E-state index in [2.05, 4.69) is 40.0 Å². The molecule has 0 radical (unpaired) electrons. The van der Waals surface area contributed by atoms with Crippen molar-refractivity contribution >= 4 is 34.0 Å². The van der Waals surface area contributed by atoms with Crippen LogP contribution in [0.4, 0.5) is 5.13 Å². The van der Waals surface area contributed by atoms with Crippen molar-refractivity contribution in [1.82, 2.24) is 14.8 Å². The first-order valence-corrected chi connectivity index (χ1v) is 10.9. The second-order valence-corrected chi connectivity index (χ2v) is 8.83. The summed E-state index contributed by atoms with van der Waals surface area (Å²) in [5, 5.41) is 11.8. The van der Waals surface area contributed by atoms with E-state index in [1.54, 1.807) is 5.57 Å². The summed E-state index contributed by atoms with van der Waals surface area (Å²) in [5.41, 5.74) is 4.66. The monoisotopic (exact) mass is 390 g/mol. The SMILES string of the molecule is CNc1nnc(SCC(=O)c2cc(C)n(CCC3=CCCCC3)c2C)s1. The van der Waals surface area contributed by atoms with Gasteiger partial charge in [0.2, 0.25) is 5.13 Å². The number of hydrogen-bond acceptors (Lipinski definition) is 6. The van der Waals surface area contributed by atoms with Gasteiger partial charge in [-0.3, -0.25) is 4.79 Å². The van der Waals surface area contributed by atoms with Gasteiger partial charge >= 0.3 is 0 Å². The van der Waals surface area contributed by atoms with Crippen LogP contribution in [0.25, 0.3) is 0 Å². The third-order valence-electron chi connectivity index (χ3n) is 4.86. The number of nitrogens with zero attached hydrogens (tertiary/aromatic N) is 3. The number of Topliss-reactive ketones (excluding diaryl/α,β-unsaturated/α-hetero) is 1. The van der Waals surface area contributed by atoms with Crippen molar-refractivity contribution in [2.24, 2.45) is 0 Å². The molecule has 0 amide bonds. The summed E-state index contributed by atoms with van der Waals surface area (Å²) in [6.07, 6.45) is 8.60. The van der Waals surface area contributed by atoms with E-state index in [1.165, 1.54) is 54.5 Å². The Kier molecular flexibility index (Phi) is 6.53. The predicted molar refractivity (Wildman–Crippen MR) is 110 cm³/mol. The molecule has 26 heavy (non-hydrogen) atoms. The number of allylic oxidation sites excluding steroid dienone is 2. The topological polar surface area (TPSA) is 59.8 Å². The average molecular weight is 391 g/mol. The minimum atomic E-state index is 0.160. The van der Waals surface area contributed by atoms with Crippen LogP contribution in [-0.4, -0.2) is 33.3 Å². The van der Waals surface area contributed by atoms with Gasteiger partial charge in [0.15, 0.2) is 10.1 Å². The van der Waals surface area contributed by atoms with E-state index in [9.17, 15) is 4.79 Å². The van der Waals surface area contributed by atoms with Gasteiger partial charge in [0.1, 0.15) is 0 Å². The van der Waals surface area contributed by atoms with E-state index in [0.29, 0.717) is 5.75 Å². The van der Waals surface area contributed by atoms with Crippen LogP contribution in [0.2, 0.25) is 0 Å². The molecule has 140 valence electrons. The minimum Gasteiger partial charge on any atom is -0.363 e. The lowest BCUT2D eigenvalue weighted by molar-refractivity contribution is 0.102. The zero-order valence-electron chi connectivity index (χ0n) is 15.7. The number of carbonyl (C=O) groups excluding carboxylic acids is 1. The van der Waals surface area contributed by atoms with Gasteiger partial charge < -0.3 is 9.88 Å². The van der Waals surface area contributed by atoms with Crippen molar-refractivity contribution in [2.45, 2.75) is 56.8 Å². The molecule has 3 rings (SSSR count). The highest BCUT2D eigenvalue weighted by Gasteiger charge is 2.17. The summed E-state index contributed by atoms with van der Waals surface area (Å²) in [6, 6.07) is 2.03. The van der Waals surface area contributed by atoms with Gasteiger partial charge in [0, 0.05) is 30.5 Å². The van der Waals surface area contributed by atoms with Gasteiger partial charge in [-0.1, -0.05) is 34.7 Å². The Balaban J connectivity index is 1.62. The van der Waals surface area contributed by atoms with Crippen LogP contribution in [0, 0.1) is 13.8 Å². The molecule has 0 fully saturated rings. The van der Waals surface area contributed by atoms with Crippen molar-refractivity contribution in [3.63, 3.8) is 0 Å². The lowest BCUT2D eigenvalue weighted by Gasteiger charge is -2.15. The van der Waals surface area contributed by atoms with Crippen molar-refractivity contribution in [3.8, 4) is 0 Å². The number of thioether (sulfide) groups is 1. The maximum absolute atomic E-state index is 12.7. The summed E-state index contributed by atoms with van der Waals surface area (Å²) in [5.74, 6) is 0.556. The molecule has 2 heterocycles. The van der Waals surface area contributed by atoms with Gasteiger partial charge in [-0.15, -0.1) is 10.2 Å². The van der Waals surface area contributed by atoms with Gasteiger partial charge in [-0.2, -0.15) is 0 Å². The van der Waals surface area contributed by atoms with Crippen LogP contribution in [-0.2, 0) is 6.54 Å². The molecule has 1 N–H and O–H groups in total. The molecule has 0 aliphatic heterocycles. The average Bonchev–Trinajstić information content (AvgIpc) is 3.23. The molecule has 0 bridgehead atoms. The molecule has 0 atom stereocenters. The van der Waals surface area contributed by atoms with Crippen LogP contribution < -0.4 is 5.32 Å². The second kappa shape index (κ2) is 8.86. The van der Waals surface area contributed by atoms with Gasteiger partial charge in [0.25, 0.3) is 0 Å². The van der Waals surface area contributed by atoms with E-state index in [1.807, 2.05) is 13.1 Å². The zero-order chi connectivity index (χ0) is 18.5.